The smallest absolute Gasteiger partial charge is 0.238 e. The summed E-state index contributed by atoms with van der Waals surface area (Å²) in [5.41, 5.74) is 0.786. The van der Waals surface area contributed by atoms with E-state index in [-0.39, 0.29) is 18.7 Å². The Hall–Kier alpha value is -1.98. The molecule has 0 bridgehead atoms. The molecule has 0 aliphatic heterocycles. The second kappa shape index (κ2) is 8.46. The van der Waals surface area contributed by atoms with Crippen molar-refractivity contribution in [3.05, 3.63) is 36.7 Å². The van der Waals surface area contributed by atoms with Gasteiger partial charge in [-0.25, -0.2) is 0 Å². The van der Waals surface area contributed by atoms with Gasteiger partial charge in [0.1, 0.15) is 6.23 Å². The Morgan fingerprint density at radius 3 is 2.91 bits per heavy atom. The van der Waals surface area contributed by atoms with Crippen LogP contribution in [0, 0.1) is 0 Å². The summed E-state index contributed by atoms with van der Waals surface area (Å²) < 4.78 is 5.54. The number of carbonyl (C=O) groups excluding carboxylic acids is 1. The van der Waals surface area contributed by atoms with Crippen LogP contribution in [-0.4, -0.2) is 30.3 Å². The highest BCUT2D eigenvalue weighted by atomic mass is 16.5. The maximum absolute atomic E-state index is 12.0. The zero-order valence-corrected chi connectivity index (χ0v) is 13.1. The molecule has 0 saturated carbocycles. The van der Waals surface area contributed by atoms with Crippen molar-refractivity contribution in [3.8, 4) is 0 Å². The van der Waals surface area contributed by atoms with E-state index in [0.717, 1.165) is 29.3 Å². The summed E-state index contributed by atoms with van der Waals surface area (Å²) in [4.78, 5) is 16.1. The lowest BCUT2D eigenvalue weighted by molar-refractivity contribution is -0.116. The molecular formula is C17H23N3O2. The maximum atomic E-state index is 12.0. The molecule has 0 radical (unpaired) electrons. The molecule has 0 saturated heterocycles. The van der Waals surface area contributed by atoms with Crippen molar-refractivity contribution in [1.82, 2.24) is 10.3 Å². The van der Waals surface area contributed by atoms with Gasteiger partial charge in [0.25, 0.3) is 0 Å². The standard InChI is InChI=1S/C17H23N3O2/c1-3-5-17(22-4-2)19-12-16(21)20-15-7-6-14-11-18-9-8-13(14)10-15/h6-11,17,19H,3-5,12H2,1-2H3,(H,20,21). The number of rotatable bonds is 8. The number of nitrogens with one attached hydrogen (secondary N) is 2. The van der Waals surface area contributed by atoms with Crippen molar-refractivity contribution in [2.24, 2.45) is 0 Å². The van der Waals surface area contributed by atoms with Crippen molar-refractivity contribution >= 4 is 22.4 Å². The summed E-state index contributed by atoms with van der Waals surface area (Å²) >= 11 is 0. The Morgan fingerprint density at radius 2 is 2.14 bits per heavy atom. The van der Waals surface area contributed by atoms with Gasteiger partial charge in [-0.2, -0.15) is 0 Å². The number of amides is 1. The number of hydrogen-bond acceptors (Lipinski definition) is 4. The Labute approximate surface area is 131 Å². The molecule has 2 aromatic rings. The van der Waals surface area contributed by atoms with Gasteiger partial charge in [-0.15, -0.1) is 0 Å². The number of ether oxygens (including phenoxy) is 1. The van der Waals surface area contributed by atoms with Crippen LogP contribution in [0.25, 0.3) is 10.8 Å². The summed E-state index contributed by atoms with van der Waals surface area (Å²) in [6, 6.07) is 7.70. The number of fused-ring (bicyclic) bond motifs is 1. The molecule has 1 heterocycles. The van der Waals surface area contributed by atoms with Gasteiger partial charge in [-0.1, -0.05) is 19.4 Å². The van der Waals surface area contributed by atoms with E-state index >= 15 is 0 Å². The molecule has 1 amide bonds. The van der Waals surface area contributed by atoms with Gasteiger partial charge in [-0.3, -0.25) is 15.1 Å². The fourth-order valence-electron chi connectivity index (χ4n) is 2.28. The third-order valence-corrected chi connectivity index (χ3v) is 3.33. The van der Waals surface area contributed by atoms with Crippen LogP contribution in [0.5, 0.6) is 0 Å². The Morgan fingerprint density at radius 1 is 1.27 bits per heavy atom. The topological polar surface area (TPSA) is 63.2 Å². The van der Waals surface area contributed by atoms with Crippen molar-refractivity contribution in [3.63, 3.8) is 0 Å². The van der Waals surface area contributed by atoms with Gasteiger partial charge in [-0.05, 0) is 36.9 Å². The van der Waals surface area contributed by atoms with E-state index < -0.39 is 0 Å². The molecule has 0 spiro atoms. The largest absolute Gasteiger partial charge is 0.364 e. The summed E-state index contributed by atoms with van der Waals surface area (Å²) in [5.74, 6) is -0.0748. The van der Waals surface area contributed by atoms with Crippen LogP contribution in [-0.2, 0) is 9.53 Å². The van der Waals surface area contributed by atoms with Gasteiger partial charge < -0.3 is 10.1 Å². The Bertz CT molecular complexity index is 610. The van der Waals surface area contributed by atoms with Crippen molar-refractivity contribution < 1.29 is 9.53 Å². The third kappa shape index (κ3) is 4.79. The quantitative estimate of drug-likeness (QED) is 0.736. The van der Waals surface area contributed by atoms with Crippen LogP contribution >= 0.6 is 0 Å². The van der Waals surface area contributed by atoms with Gasteiger partial charge >= 0.3 is 0 Å². The molecule has 22 heavy (non-hydrogen) atoms. The van der Waals surface area contributed by atoms with Crippen LogP contribution in [0.1, 0.15) is 26.7 Å². The highest BCUT2D eigenvalue weighted by Crippen LogP contribution is 2.17. The van der Waals surface area contributed by atoms with E-state index in [9.17, 15) is 4.79 Å². The fourth-order valence-corrected chi connectivity index (χ4v) is 2.28. The van der Waals surface area contributed by atoms with Crippen LogP contribution in [0.3, 0.4) is 0 Å². The summed E-state index contributed by atoms with van der Waals surface area (Å²) in [6.07, 6.45) is 5.39. The second-order valence-electron chi connectivity index (χ2n) is 5.10. The molecule has 0 fully saturated rings. The highest BCUT2D eigenvalue weighted by Gasteiger charge is 2.09. The molecule has 1 aromatic carbocycles. The van der Waals surface area contributed by atoms with E-state index in [1.807, 2.05) is 31.2 Å². The predicted molar refractivity (Wildman–Crippen MR) is 88.7 cm³/mol. The normalized spacial score (nSPS) is 12.3. The zero-order chi connectivity index (χ0) is 15.8. The first kappa shape index (κ1) is 16.4. The summed E-state index contributed by atoms with van der Waals surface area (Å²) in [7, 11) is 0. The lowest BCUT2D eigenvalue weighted by atomic mass is 10.1. The number of pyridine rings is 1. The first-order valence-electron chi connectivity index (χ1n) is 7.71. The van der Waals surface area contributed by atoms with Crippen LogP contribution in [0.15, 0.2) is 36.7 Å². The third-order valence-electron chi connectivity index (χ3n) is 3.33. The average Bonchev–Trinajstić information content (AvgIpc) is 2.53. The first-order valence-corrected chi connectivity index (χ1v) is 7.71. The average molecular weight is 301 g/mol. The molecular weight excluding hydrogens is 278 g/mol. The van der Waals surface area contributed by atoms with E-state index in [2.05, 4.69) is 22.5 Å². The number of carbonyl (C=O) groups is 1. The Balaban J connectivity index is 1.89. The second-order valence-corrected chi connectivity index (χ2v) is 5.10. The molecule has 2 rings (SSSR count). The minimum Gasteiger partial charge on any atom is -0.364 e. The molecule has 0 aliphatic rings. The van der Waals surface area contributed by atoms with E-state index in [1.165, 1.54) is 0 Å². The monoisotopic (exact) mass is 301 g/mol. The van der Waals surface area contributed by atoms with E-state index in [0.29, 0.717) is 6.61 Å². The molecule has 118 valence electrons. The number of benzene rings is 1. The number of aromatic nitrogens is 1. The molecule has 2 N–H and O–H groups in total. The Kier molecular flexibility index (Phi) is 6.30. The van der Waals surface area contributed by atoms with Crippen molar-refractivity contribution in [2.45, 2.75) is 32.9 Å². The number of nitrogens with zero attached hydrogens (tertiary/aromatic N) is 1. The molecule has 0 aliphatic carbocycles. The van der Waals surface area contributed by atoms with Crippen molar-refractivity contribution in [2.75, 3.05) is 18.5 Å². The SMILES string of the molecule is CCCC(NCC(=O)Nc1ccc2cnccc2c1)OCC. The maximum Gasteiger partial charge on any atom is 0.238 e. The van der Waals surface area contributed by atoms with Crippen LogP contribution in [0.4, 0.5) is 5.69 Å². The summed E-state index contributed by atoms with van der Waals surface area (Å²) in [6.45, 7) is 4.92. The van der Waals surface area contributed by atoms with Crippen molar-refractivity contribution in [1.29, 1.82) is 0 Å². The summed E-state index contributed by atoms with van der Waals surface area (Å²) in [5, 5.41) is 8.14. The van der Waals surface area contributed by atoms with E-state index in [1.54, 1.807) is 12.4 Å². The molecule has 5 heteroatoms. The molecule has 1 atom stereocenters. The first-order chi connectivity index (χ1) is 10.7. The minimum absolute atomic E-state index is 0.0663. The molecule has 1 aromatic heterocycles. The van der Waals surface area contributed by atoms with Gasteiger partial charge in [0.2, 0.25) is 5.91 Å². The number of anilines is 1. The zero-order valence-electron chi connectivity index (χ0n) is 13.1. The molecule has 1 unspecified atom stereocenters. The fraction of sp³-hybridized carbons (Fsp3) is 0.412. The van der Waals surface area contributed by atoms with E-state index in [4.69, 9.17) is 4.74 Å². The highest BCUT2D eigenvalue weighted by molar-refractivity contribution is 5.95. The predicted octanol–water partition coefficient (Wildman–Crippen LogP) is 2.93. The minimum atomic E-state index is -0.0748. The van der Waals surface area contributed by atoms with Gasteiger partial charge in [0.05, 0.1) is 6.54 Å². The van der Waals surface area contributed by atoms with Crippen LogP contribution in [0.2, 0.25) is 0 Å². The van der Waals surface area contributed by atoms with Gasteiger partial charge in [0.15, 0.2) is 0 Å². The number of hydrogen-bond donors (Lipinski definition) is 2. The lowest BCUT2D eigenvalue weighted by Crippen LogP contribution is -2.37. The van der Waals surface area contributed by atoms with Gasteiger partial charge in [0, 0.05) is 30.1 Å². The molecule has 5 nitrogen and oxygen atoms in total. The van der Waals surface area contributed by atoms with Crippen LogP contribution < -0.4 is 10.6 Å². The lowest BCUT2D eigenvalue weighted by Gasteiger charge is -2.17.